The first-order chi connectivity index (χ1) is 17.5. The van der Waals surface area contributed by atoms with Crippen LogP contribution in [0.4, 0.5) is 18.4 Å². The van der Waals surface area contributed by atoms with Crippen molar-refractivity contribution in [2.45, 2.75) is 91.8 Å². The van der Waals surface area contributed by atoms with Crippen molar-refractivity contribution < 1.29 is 46.9 Å². The van der Waals surface area contributed by atoms with E-state index in [1.807, 2.05) is 0 Å². The van der Waals surface area contributed by atoms with Crippen molar-refractivity contribution in [2.24, 2.45) is 11.8 Å². The lowest BCUT2D eigenvalue weighted by Crippen LogP contribution is -2.49. The van der Waals surface area contributed by atoms with Crippen LogP contribution in [-0.2, 0) is 28.5 Å². The van der Waals surface area contributed by atoms with Crippen LogP contribution in [0.2, 0.25) is 0 Å². The number of alkyl halides is 2. The van der Waals surface area contributed by atoms with E-state index in [0.717, 1.165) is 0 Å². The van der Waals surface area contributed by atoms with Crippen molar-refractivity contribution in [1.82, 2.24) is 9.80 Å². The summed E-state index contributed by atoms with van der Waals surface area (Å²) in [7, 11) is 0. The highest BCUT2D eigenvalue weighted by atomic mass is 19.1. The molecule has 12 heteroatoms. The first-order valence-corrected chi connectivity index (χ1v) is 13.0. The number of ether oxygens (including phenoxy) is 4. The van der Waals surface area contributed by atoms with Crippen molar-refractivity contribution in [1.29, 1.82) is 0 Å². The summed E-state index contributed by atoms with van der Waals surface area (Å²) in [6.45, 7) is 14.5. The Bertz CT molecular complexity index is 746. The zero-order chi connectivity index (χ0) is 29.3. The van der Waals surface area contributed by atoms with Crippen molar-refractivity contribution in [2.75, 3.05) is 39.4 Å². The van der Waals surface area contributed by atoms with E-state index in [2.05, 4.69) is 0 Å². The Morgan fingerprint density at radius 2 is 0.974 bits per heavy atom. The standard InChI is InChI=1S/2C13H22FNO4/c2*1-5-18-11(16)9-6-10(14)8-15(7-9)12(17)19-13(2,3)4/h2*9-10H,5-8H2,1-4H3/t2*9-,10-/m10/s1. The number of carbonyl (C=O) groups excluding carboxylic acids is 4. The molecule has 2 fully saturated rings. The van der Waals surface area contributed by atoms with Crippen LogP contribution in [0.25, 0.3) is 0 Å². The number of piperidine rings is 2. The SMILES string of the molecule is CCOC(=O)[C@@H]1C[C@@H](F)CN(C(=O)OC(C)(C)C)C1.CCOC(=O)[C@H]1C[C@H](F)CN(C(=O)OC(C)(C)C)C1. The molecular weight excluding hydrogens is 506 g/mol. The first kappa shape index (κ1) is 33.4. The molecule has 0 unspecified atom stereocenters. The van der Waals surface area contributed by atoms with Gasteiger partial charge in [-0.15, -0.1) is 0 Å². The van der Waals surface area contributed by atoms with Crippen molar-refractivity contribution in [3.05, 3.63) is 0 Å². The average Bonchev–Trinajstić information content (AvgIpc) is 2.76. The van der Waals surface area contributed by atoms with Crippen LogP contribution in [-0.4, -0.2) is 96.9 Å². The average molecular weight is 551 g/mol. The second-order valence-corrected chi connectivity index (χ2v) is 11.3. The third-order valence-electron chi connectivity index (χ3n) is 5.34. The zero-order valence-corrected chi connectivity index (χ0v) is 23.9. The van der Waals surface area contributed by atoms with Gasteiger partial charge in [-0.1, -0.05) is 0 Å². The second kappa shape index (κ2) is 14.5. The zero-order valence-electron chi connectivity index (χ0n) is 23.9. The Hall–Kier alpha value is -2.66. The number of carbonyl (C=O) groups is 4. The Labute approximate surface area is 224 Å². The molecule has 2 amide bonds. The van der Waals surface area contributed by atoms with Crippen molar-refractivity contribution >= 4 is 24.1 Å². The number of likely N-dealkylation sites (tertiary alicyclic amines) is 2. The largest absolute Gasteiger partial charge is 0.466 e. The normalized spacial score (nSPS) is 23.9. The predicted molar refractivity (Wildman–Crippen MR) is 135 cm³/mol. The number of hydrogen-bond donors (Lipinski definition) is 0. The van der Waals surface area contributed by atoms with Gasteiger partial charge in [0, 0.05) is 13.1 Å². The highest BCUT2D eigenvalue weighted by Gasteiger charge is 2.37. The van der Waals surface area contributed by atoms with Gasteiger partial charge in [0.15, 0.2) is 0 Å². The summed E-state index contributed by atoms with van der Waals surface area (Å²) >= 11 is 0. The highest BCUT2D eigenvalue weighted by molar-refractivity contribution is 5.75. The molecule has 2 rings (SSSR count). The fourth-order valence-electron chi connectivity index (χ4n) is 3.89. The summed E-state index contributed by atoms with van der Waals surface area (Å²) in [4.78, 5) is 49.5. The number of hydrogen-bond acceptors (Lipinski definition) is 8. The number of esters is 2. The molecule has 10 nitrogen and oxygen atoms in total. The third kappa shape index (κ3) is 12.3. The van der Waals surface area contributed by atoms with E-state index < -0.39 is 59.5 Å². The quantitative estimate of drug-likeness (QED) is 0.377. The summed E-state index contributed by atoms with van der Waals surface area (Å²) in [5.74, 6) is -2.15. The maximum atomic E-state index is 13.6. The molecule has 0 aromatic carbocycles. The molecule has 2 aliphatic rings. The molecule has 2 saturated heterocycles. The molecule has 0 saturated carbocycles. The van der Waals surface area contributed by atoms with Gasteiger partial charge in [-0.2, -0.15) is 0 Å². The summed E-state index contributed by atoms with van der Waals surface area (Å²) in [5.41, 5.74) is -1.28. The number of rotatable bonds is 4. The smallest absolute Gasteiger partial charge is 0.410 e. The lowest BCUT2D eigenvalue weighted by Gasteiger charge is -2.34. The molecule has 2 aliphatic heterocycles. The number of amides is 2. The minimum Gasteiger partial charge on any atom is -0.466 e. The van der Waals surface area contributed by atoms with E-state index in [9.17, 15) is 28.0 Å². The van der Waals surface area contributed by atoms with Crippen LogP contribution >= 0.6 is 0 Å². The van der Waals surface area contributed by atoms with Gasteiger partial charge in [0.25, 0.3) is 0 Å². The van der Waals surface area contributed by atoms with Crippen molar-refractivity contribution in [3.63, 3.8) is 0 Å². The van der Waals surface area contributed by atoms with Gasteiger partial charge in [-0.3, -0.25) is 9.59 Å². The fourth-order valence-corrected chi connectivity index (χ4v) is 3.89. The molecule has 0 N–H and O–H groups in total. The summed E-state index contributed by atoms with van der Waals surface area (Å²) < 4.78 is 47.4. The van der Waals surface area contributed by atoms with E-state index in [1.54, 1.807) is 55.4 Å². The molecule has 0 spiro atoms. The van der Waals surface area contributed by atoms with Crippen LogP contribution in [0.5, 0.6) is 0 Å². The van der Waals surface area contributed by atoms with Gasteiger partial charge < -0.3 is 28.7 Å². The van der Waals surface area contributed by atoms with Crippen LogP contribution in [0.3, 0.4) is 0 Å². The molecular formula is C26H44F2N2O8. The van der Waals surface area contributed by atoms with Crippen LogP contribution in [0.15, 0.2) is 0 Å². The highest BCUT2D eigenvalue weighted by Crippen LogP contribution is 2.24. The maximum Gasteiger partial charge on any atom is 0.410 e. The Morgan fingerprint density at radius 3 is 1.24 bits per heavy atom. The Morgan fingerprint density at radius 1 is 0.658 bits per heavy atom. The van der Waals surface area contributed by atoms with Gasteiger partial charge in [0.1, 0.15) is 23.5 Å². The summed E-state index contributed by atoms with van der Waals surface area (Å²) in [5, 5.41) is 0. The Kier molecular flexibility index (Phi) is 12.7. The molecule has 0 aromatic rings. The summed E-state index contributed by atoms with van der Waals surface area (Å²) in [6, 6.07) is 0. The topological polar surface area (TPSA) is 112 Å². The molecule has 0 aliphatic carbocycles. The van der Waals surface area contributed by atoms with E-state index in [0.29, 0.717) is 0 Å². The molecule has 0 aromatic heterocycles. The maximum absolute atomic E-state index is 13.6. The van der Waals surface area contributed by atoms with E-state index in [1.165, 1.54) is 9.80 Å². The van der Waals surface area contributed by atoms with E-state index >= 15 is 0 Å². The van der Waals surface area contributed by atoms with Gasteiger partial charge >= 0.3 is 24.1 Å². The molecule has 2 heterocycles. The van der Waals surface area contributed by atoms with E-state index in [4.69, 9.17) is 18.9 Å². The lowest BCUT2D eigenvalue weighted by molar-refractivity contribution is -0.151. The number of nitrogens with zero attached hydrogens (tertiary/aromatic N) is 2. The summed E-state index contributed by atoms with van der Waals surface area (Å²) in [6.07, 6.45) is -3.45. The first-order valence-electron chi connectivity index (χ1n) is 13.0. The Balaban J connectivity index is 0.000000380. The van der Waals surface area contributed by atoms with Gasteiger partial charge in [0.05, 0.1) is 38.1 Å². The van der Waals surface area contributed by atoms with Crippen LogP contribution in [0.1, 0.15) is 68.2 Å². The molecule has 4 atom stereocenters. The molecule has 220 valence electrons. The fraction of sp³-hybridized carbons (Fsp3) is 0.846. The third-order valence-corrected chi connectivity index (χ3v) is 5.34. The molecule has 0 radical (unpaired) electrons. The van der Waals surface area contributed by atoms with Gasteiger partial charge in [0.2, 0.25) is 0 Å². The molecule has 38 heavy (non-hydrogen) atoms. The minimum absolute atomic E-state index is 0.0369. The minimum atomic E-state index is -1.23. The molecule has 0 bridgehead atoms. The monoisotopic (exact) mass is 550 g/mol. The van der Waals surface area contributed by atoms with Crippen LogP contribution in [0, 0.1) is 11.8 Å². The second-order valence-electron chi connectivity index (χ2n) is 11.3. The van der Waals surface area contributed by atoms with E-state index in [-0.39, 0.29) is 52.2 Å². The predicted octanol–water partition coefficient (Wildman–Crippen LogP) is 4.29. The van der Waals surface area contributed by atoms with Gasteiger partial charge in [-0.05, 0) is 68.2 Å². The van der Waals surface area contributed by atoms with Crippen molar-refractivity contribution in [3.8, 4) is 0 Å². The van der Waals surface area contributed by atoms with Crippen LogP contribution < -0.4 is 0 Å². The number of halogens is 2. The lowest BCUT2D eigenvalue weighted by atomic mass is 9.97. The van der Waals surface area contributed by atoms with Gasteiger partial charge in [-0.25, -0.2) is 18.4 Å².